The molecule has 1 heterocycles. The highest BCUT2D eigenvalue weighted by atomic mass is 35.5. The summed E-state index contributed by atoms with van der Waals surface area (Å²) in [6.45, 7) is 0.479. The molecule has 0 bridgehead atoms. The van der Waals surface area contributed by atoms with Crippen LogP contribution in [0, 0.1) is 0 Å². The van der Waals surface area contributed by atoms with E-state index in [-0.39, 0.29) is 23.5 Å². The van der Waals surface area contributed by atoms with Gasteiger partial charge in [0, 0.05) is 13.2 Å². The van der Waals surface area contributed by atoms with Gasteiger partial charge in [-0.3, -0.25) is 4.79 Å². The second-order valence-corrected chi connectivity index (χ2v) is 2.81. The molecule has 2 N–H and O–H groups in total. The van der Waals surface area contributed by atoms with Gasteiger partial charge in [-0.25, -0.2) is 0 Å². The fourth-order valence-corrected chi connectivity index (χ4v) is 0.951. The van der Waals surface area contributed by atoms with E-state index in [1.165, 1.54) is 12.1 Å². The van der Waals surface area contributed by atoms with Crippen molar-refractivity contribution in [1.29, 1.82) is 0 Å². The van der Waals surface area contributed by atoms with Crippen molar-refractivity contribution in [3.63, 3.8) is 0 Å². The van der Waals surface area contributed by atoms with Crippen molar-refractivity contribution in [1.82, 2.24) is 5.32 Å². The number of carbonyl (C=O) groups excluding carboxylic acids is 1. The Kier molecular flexibility index (Phi) is 3.79. The van der Waals surface area contributed by atoms with Crippen LogP contribution in [0.15, 0.2) is 16.5 Å². The molecular formula is C8H10ClNO3. The topological polar surface area (TPSA) is 62.5 Å². The van der Waals surface area contributed by atoms with Gasteiger partial charge in [-0.1, -0.05) is 0 Å². The van der Waals surface area contributed by atoms with E-state index in [1.807, 2.05) is 0 Å². The average Bonchev–Trinajstić information content (AvgIpc) is 2.52. The molecule has 13 heavy (non-hydrogen) atoms. The average molecular weight is 204 g/mol. The Morgan fingerprint density at radius 3 is 2.92 bits per heavy atom. The van der Waals surface area contributed by atoms with Crippen LogP contribution in [0.2, 0.25) is 5.22 Å². The third kappa shape index (κ3) is 3.08. The Balaban J connectivity index is 2.40. The maximum atomic E-state index is 11.2. The number of rotatable bonds is 4. The third-order valence-electron chi connectivity index (χ3n) is 1.42. The molecule has 1 amide bonds. The first-order chi connectivity index (χ1) is 6.24. The Bertz CT molecular complexity index is 285. The van der Waals surface area contributed by atoms with E-state index in [1.54, 1.807) is 0 Å². The van der Waals surface area contributed by atoms with E-state index < -0.39 is 0 Å². The Morgan fingerprint density at radius 2 is 2.38 bits per heavy atom. The van der Waals surface area contributed by atoms with Gasteiger partial charge < -0.3 is 14.8 Å². The maximum Gasteiger partial charge on any atom is 0.287 e. The summed E-state index contributed by atoms with van der Waals surface area (Å²) < 4.78 is 4.87. The van der Waals surface area contributed by atoms with Crippen LogP contribution in [0.4, 0.5) is 0 Å². The van der Waals surface area contributed by atoms with Crippen molar-refractivity contribution in [2.75, 3.05) is 13.2 Å². The largest absolute Gasteiger partial charge is 0.440 e. The molecule has 0 aliphatic rings. The lowest BCUT2D eigenvalue weighted by Gasteiger charge is -1.99. The normalized spacial score (nSPS) is 10.0. The Morgan fingerprint density at radius 1 is 1.62 bits per heavy atom. The van der Waals surface area contributed by atoms with Crippen molar-refractivity contribution in [3.8, 4) is 0 Å². The molecule has 0 aliphatic heterocycles. The zero-order chi connectivity index (χ0) is 9.68. The van der Waals surface area contributed by atoms with Gasteiger partial charge in [-0.05, 0) is 30.2 Å². The number of amides is 1. The van der Waals surface area contributed by atoms with Gasteiger partial charge in [0.05, 0.1) is 0 Å². The molecule has 0 aromatic carbocycles. The van der Waals surface area contributed by atoms with E-state index >= 15 is 0 Å². The standard InChI is InChI=1S/C8H10ClNO3/c9-7-3-2-6(13-7)8(12)10-4-1-5-11/h2-3,11H,1,4-5H2,(H,10,12). The van der Waals surface area contributed by atoms with Crippen LogP contribution in [0.1, 0.15) is 17.0 Å². The van der Waals surface area contributed by atoms with Gasteiger partial charge in [-0.15, -0.1) is 0 Å². The monoisotopic (exact) mass is 203 g/mol. The van der Waals surface area contributed by atoms with E-state index in [0.717, 1.165) is 0 Å². The van der Waals surface area contributed by atoms with Gasteiger partial charge in [0.2, 0.25) is 0 Å². The second kappa shape index (κ2) is 4.89. The minimum atomic E-state index is -0.319. The maximum absolute atomic E-state index is 11.2. The highest BCUT2D eigenvalue weighted by Crippen LogP contribution is 2.12. The lowest BCUT2D eigenvalue weighted by molar-refractivity contribution is 0.0923. The summed E-state index contributed by atoms with van der Waals surface area (Å²) in [5.74, 6) is -0.136. The number of hydrogen-bond donors (Lipinski definition) is 2. The molecule has 72 valence electrons. The number of aliphatic hydroxyl groups is 1. The van der Waals surface area contributed by atoms with Crippen molar-refractivity contribution in [2.45, 2.75) is 6.42 Å². The van der Waals surface area contributed by atoms with Crippen LogP contribution in [0.5, 0.6) is 0 Å². The summed E-state index contributed by atoms with van der Waals surface area (Å²) in [6.07, 6.45) is 0.528. The number of hydrogen-bond acceptors (Lipinski definition) is 3. The van der Waals surface area contributed by atoms with Crippen molar-refractivity contribution in [2.24, 2.45) is 0 Å². The van der Waals surface area contributed by atoms with Crippen LogP contribution < -0.4 is 5.32 Å². The quantitative estimate of drug-likeness (QED) is 0.719. The molecule has 5 heteroatoms. The summed E-state index contributed by atoms with van der Waals surface area (Å²) in [5.41, 5.74) is 0. The summed E-state index contributed by atoms with van der Waals surface area (Å²) >= 11 is 5.48. The summed E-state index contributed by atoms with van der Waals surface area (Å²) in [4.78, 5) is 11.2. The first-order valence-electron chi connectivity index (χ1n) is 3.88. The number of halogens is 1. The zero-order valence-corrected chi connectivity index (χ0v) is 7.67. The predicted octanol–water partition coefficient (Wildman–Crippen LogP) is 1.05. The second-order valence-electron chi connectivity index (χ2n) is 2.44. The highest BCUT2D eigenvalue weighted by molar-refractivity contribution is 6.29. The first kappa shape index (κ1) is 10.1. The van der Waals surface area contributed by atoms with Crippen molar-refractivity contribution in [3.05, 3.63) is 23.1 Å². The Hall–Kier alpha value is -1.00. The van der Waals surface area contributed by atoms with Crippen molar-refractivity contribution < 1.29 is 14.3 Å². The number of nitrogens with one attached hydrogen (secondary N) is 1. The molecule has 0 unspecified atom stereocenters. The molecule has 0 atom stereocenters. The molecule has 1 rings (SSSR count). The van der Waals surface area contributed by atoms with Crippen LogP contribution in [-0.2, 0) is 0 Å². The molecule has 0 aliphatic carbocycles. The third-order valence-corrected chi connectivity index (χ3v) is 1.62. The van der Waals surface area contributed by atoms with Crippen molar-refractivity contribution >= 4 is 17.5 Å². The molecule has 0 fully saturated rings. The van der Waals surface area contributed by atoms with Gasteiger partial charge in [-0.2, -0.15) is 0 Å². The SMILES string of the molecule is O=C(NCCCO)c1ccc(Cl)o1. The van der Waals surface area contributed by atoms with Gasteiger partial charge in [0.15, 0.2) is 11.0 Å². The minimum Gasteiger partial charge on any atom is -0.440 e. The zero-order valence-electron chi connectivity index (χ0n) is 6.92. The molecular weight excluding hydrogens is 194 g/mol. The minimum absolute atomic E-state index is 0.0548. The molecule has 0 saturated heterocycles. The van der Waals surface area contributed by atoms with E-state index in [0.29, 0.717) is 13.0 Å². The molecule has 1 aromatic rings. The Labute approximate surface area is 80.5 Å². The van der Waals surface area contributed by atoms with E-state index in [2.05, 4.69) is 5.32 Å². The fraction of sp³-hybridized carbons (Fsp3) is 0.375. The molecule has 0 saturated carbocycles. The smallest absolute Gasteiger partial charge is 0.287 e. The number of aliphatic hydroxyl groups excluding tert-OH is 1. The molecule has 4 nitrogen and oxygen atoms in total. The summed E-state index contributed by atoms with van der Waals surface area (Å²) in [5, 5.41) is 11.2. The van der Waals surface area contributed by atoms with Gasteiger partial charge >= 0.3 is 0 Å². The number of furan rings is 1. The van der Waals surface area contributed by atoms with Crippen LogP contribution in [0.25, 0.3) is 0 Å². The fourth-order valence-electron chi connectivity index (χ4n) is 0.804. The van der Waals surface area contributed by atoms with E-state index in [4.69, 9.17) is 21.1 Å². The lowest BCUT2D eigenvalue weighted by atomic mass is 10.4. The molecule has 1 aromatic heterocycles. The predicted molar refractivity (Wildman–Crippen MR) is 47.8 cm³/mol. The van der Waals surface area contributed by atoms with Gasteiger partial charge in [0.25, 0.3) is 5.91 Å². The summed E-state index contributed by atoms with van der Waals surface area (Å²) in [7, 11) is 0. The first-order valence-corrected chi connectivity index (χ1v) is 4.26. The van der Waals surface area contributed by atoms with E-state index in [9.17, 15) is 4.79 Å². The molecule has 0 spiro atoms. The number of carbonyl (C=O) groups is 1. The van der Waals surface area contributed by atoms with Crippen LogP contribution in [-0.4, -0.2) is 24.2 Å². The van der Waals surface area contributed by atoms with Crippen LogP contribution in [0.3, 0.4) is 0 Å². The lowest BCUT2D eigenvalue weighted by Crippen LogP contribution is -2.24. The van der Waals surface area contributed by atoms with Gasteiger partial charge in [0.1, 0.15) is 0 Å². The molecule has 0 radical (unpaired) electrons. The summed E-state index contributed by atoms with van der Waals surface area (Å²) in [6, 6.07) is 3.00. The highest BCUT2D eigenvalue weighted by Gasteiger charge is 2.08. The van der Waals surface area contributed by atoms with Crippen LogP contribution >= 0.6 is 11.6 Å².